The van der Waals surface area contributed by atoms with Gasteiger partial charge in [0.2, 0.25) is 5.78 Å². The highest BCUT2D eigenvalue weighted by Gasteiger charge is 2.67. The number of ketones is 2. The molecule has 4 aliphatic rings. The van der Waals surface area contributed by atoms with E-state index in [1.807, 2.05) is 32.1 Å². The maximum absolute atomic E-state index is 12.8. The summed E-state index contributed by atoms with van der Waals surface area (Å²) in [5, 5.41) is 22.7. The molecule has 0 spiro atoms. The van der Waals surface area contributed by atoms with Gasteiger partial charge in [-0.15, -0.1) is 0 Å². The third-order valence-corrected chi connectivity index (χ3v) is 8.08. The van der Waals surface area contributed by atoms with Gasteiger partial charge in [0.1, 0.15) is 5.60 Å². The van der Waals surface area contributed by atoms with E-state index < -0.39 is 40.9 Å². The number of rotatable bonds is 3. The van der Waals surface area contributed by atoms with E-state index in [-0.39, 0.29) is 36.4 Å². The number of carbonyl (C=O) groups excluding carboxylic acids is 3. The first-order valence-corrected chi connectivity index (χ1v) is 10.2. The van der Waals surface area contributed by atoms with Crippen molar-refractivity contribution >= 4 is 17.5 Å². The van der Waals surface area contributed by atoms with Gasteiger partial charge in [0.15, 0.2) is 12.4 Å². The first-order chi connectivity index (χ1) is 13.5. The van der Waals surface area contributed by atoms with Crippen LogP contribution in [-0.2, 0) is 19.1 Å². The summed E-state index contributed by atoms with van der Waals surface area (Å²) in [6, 6.07) is 0. The van der Waals surface area contributed by atoms with Crippen molar-refractivity contribution in [3.05, 3.63) is 36.0 Å². The van der Waals surface area contributed by atoms with Gasteiger partial charge in [0.05, 0.1) is 6.10 Å². The van der Waals surface area contributed by atoms with E-state index in [0.717, 1.165) is 5.57 Å². The molecule has 2 fully saturated rings. The number of hydrogen-bond donors (Lipinski definition) is 2. The summed E-state index contributed by atoms with van der Waals surface area (Å²) in [4.78, 5) is 35.8. The van der Waals surface area contributed by atoms with Crippen LogP contribution in [0, 0.1) is 28.6 Å². The molecule has 6 nitrogen and oxygen atoms in total. The second-order valence-electron chi connectivity index (χ2n) is 9.48. The largest absolute Gasteiger partial charge is 0.458 e. The van der Waals surface area contributed by atoms with Crippen LogP contribution < -0.4 is 0 Å². The Bertz CT molecular complexity index is 869. The Kier molecular flexibility index (Phi) is 4.52. The molecule has 156 valence electrons. The summed E-state index contributed by atoms with van der Waals surface area (Å²) >= 11 is 0. The van der Waals surface area contributed by atoms with Crippen LogP contribution in [0.2, 0.25) is 0 Å². The molecule has 0 aromatic rings. The molecule has 7 atom stereocenters. The van der Waals surface area contributed by atoms with Crippen molar-refractivity contribution in [2.75, 3.05) is 6.61 Å². The Labute approximate surface area is 170 Å². The summed E-state index contributed by atoms with van der Waals surface area (Å²) in [7, 11) is 0. The minimum atomic E-state index is -1.64. The lowest BCUT2D eigenvalue weighted by Crippen LogP contribution is -2.61. The smallest absolute Gasteiger partial charge is 0.303 e. The van der Waals surface area contributed by atoms with E-state index in [4.69, 9.17) is 4.74 Å². The summed E-state index contributed by atoms with van der Waals surface area (Å²) in [5.74, 6) is -1.28. The zero-order valence-electron chi connectivity index (χ0n) is 17.1. The van der Waals surface area contributed by atoms with E-state index >= 15 is 0 Å². The van der Waals surface area contributed by atoms with Gasteiger partial charge >= 0.3 is 5.97 Å². The molecule has 0 unspecified atom stereocenters. The monoisotopic (exact) mass is 400 g/mol. The van der Waals surface area contributed by atoms with E-state index in [1.54, 1.807) is 12.2 Å². The van der Waals surface area contributed by atoms with Crippen molar-refractivity contribution in [1.29, 1.82) is 0 Å². The fraction of sp³-hybridized carbons (Fsp3) is 0.609. The third-order valence-electron chi connectivity index (χ3n) is 8.08. The predicted octanol–water partition coefficient (Wildman–Crippen LogP) is 1.90. The molecular formula is C23H28O6. The van der Waals surface area contributed by atoms with E-state index in [9.17, 15) is 24.6 Å². The molecule has 0 aromatic heterocycles. The van der Waals surface area contributed by atoms with Crippen LogP contribution in [0.15, 0.2) is 36.0 Å². The van der Waals surface area contributed by atoms with Gasteiger partial charge in [-0.25, -0.2) is 0 Å². The van der Waals surface area contributed by atoms with Crippen LogP contribution >= 0.6 is 0 Å². The standard InChI is InChI=1S/C23H28O6/c1-13(24)29-12-19(27)23(28)9-7-17-16-5-4-14-10-15(25)6-8-21(14,2)20(16)18(26)11-22(17,23)3/h4-6,8,10,16-18,20,26,28H,7,9,11-12H2,1-3H3/t16-,17-,18-,20+,21+,22+,23-/m1/s1. The molecule has 29 heavy (non-hydrogen) atoms. The van der Waals surface area contributed by atoms with Crippen LogP contribution in [0.4, 0.5) is 0 Å². The summed E-state index contributed by atoms with van der Waals surface area (Å²) in [5.41, 5.74) is -2.02. The van der Waals surface area contributed by atoms with Crippen LogP contribution in [0.5, 0.6) is 0 Å². The number of allylic oxidation sites excluding steroid dienone is 6. The van der Waals surface area contributed by atoms with Gasteiger partial charge in [-0.1, -0.05) is 32.1 Å². The highest BCUT2D eigenvalue weighted by Crippen LogP contribution is 2.65. The lowest BCUT2D eigenvalue weighted by Gasteiger charge is -2.57. The molecule has 0 bridgehead atoms. The number of carbonyl (C=O) groups is 3. The average Bonchev–Trinajstić information content (AvgIpc) is 2.91. The molecule has 0 amide bonds. The normalized spacial score (nSPS) is 45.1. The van der Waals surface area contributed by atoms with E-state index in [0.29, 0.717) is 6.42 Å². The van der Waals surface area contributed by atoms with Crippen LogP contribution in [0.3, 0.4) is 0 Å². The molecule has 0 heterocycles. The maximum Gasteiger partial charge on any atom is 0.303 e. The Morgan fingerprint density at radius 1 is 1.28 bits per heavy atom. The fourth-order valence-electron chi connectivity index (χ4n) is 6.53. The number of Topliss-reactive ketones (excluding diaryl/α,β-unsaturated/α-hetero) is 1. The molecule has 0 aromatic carbocycles. The van der Waals surface area contributed by atoms with Gasteiger partial charge < -0.3 is 14.9 Å². The van der Waals surface area contributed by atoms with Crippen molar-refractivity contribution < 1.29 is 29.3 Å². The Hall–Kier alpha value is -2.05. The number of hydrogen-bond acceptors (Lipinski definition) is 6. The highest BCUT2D eigenvalue weighted by molar-refractivity contribution is 6.01. The van der Waals surface area contributed by atoms with Gasteiger partial charge in [0, 0.05) is 23.7 Å². The van der Waals surface area contributed by atoms with Crippen LogP contribution in [0.1, 0.15) is 40.0 Å². The first kappa shape index (κ1) is 20.2. The zero-order chi connectivity index (χ0) is 21.2. The average molecular weight is 400 g/mol. The number of esters is 1. The Morgan fingerprint density at radius 3 is 2.69 bits per heavy atom. The summed E-state index contributed by atoms with van der Waals surface area (Å²) in [6.45, 7) is 4.69. The second-order valence-corrected chi connectivity index (χ2v) is 9.48. The van der Waals surface area contributed by atoms with Crippen molar-refractivity contribution in [3.8, 4) is 0 Å². The van der Waals surface area contributed by atoms with Crippen LogP contribution in [-0.4, -0.2) is 46.1 Å². The Morgan fingerprint density at radius 2 is 2.00 bits per heavy atom. The molecule has 0 aliphatic heterocycles. The first-order valence-electron chi connectivity index (χ1n) is 10.2. The van der Waals surface area contributed by atoms with E-state index in [1.165, 1.54) is 6.92 Å². The van der Waals surface area contributed by atoms with Crippen molar-refractivity contribution in [1.82, 2.24) is 0 Å². The minimum Gasteiger partial charge on any atom is -0.458 e. The molecule has 4 aliphatic carbocycles. The van der Waals surface area contributed by atoms with Gasteiger partial charge in [-0.2, -0.15) is 0 Å². The van der Waals surface area contributed by atoms with Crippen molar-refractivity contribution in [2.24, 2.45) is 28.6 Å². The number of aliphatic hydroxyl groups excluding tert-OH is 1. The maximum atomic E-state index is 12.8. The van der Waals surface area contributed by atoms with E-state index in [2.05, 4.69) is 0 Å². The van der Waals surface area contributed by atoms with Crippen LogP contribution in [0.25, 0.3) is 0 Å². The zero-order valence-corrected chi connectivity index (χ0v) is 17.1. The molecular weight excluding hydrogens is 372 g/mol. The minimum absolute atomic E-state index is 0.00262. The van der Waals surface area contributed by atoms with Crippen molar-refractivity contribution in [2.45, 2.75) is 51.7 Å². The lowest BCUT2D eigenvalue weighted by molar-refractivity contribution is -0.175. The van der Waals surface area contributed by atoms with Gasteiger partial charge in [-0.3, -0.25) is 14.4 Å². The fourth-order valence-corrected chi connectivity index (χ4v) is 6.53. The summed E-state index contributed by atoms with van der Waals surface area (Å²) in [6.07, 6.45) is 9.54. The molecule has 0 radical (unpaired) electrons. The lowest BCUT2D eigenvalue weighted by atomic mass is 9.48. The SMILES string of the molecule is CC(=O)OCC(=O)[C@]1(O)CC[C@@H]2[C@H]3C=CC4=CC(=O)C=C[C@]4(C)[C@@H]3[C@H](O)C[C@@]21C. The van der Waals surface area contributed by atoms with Gasteiger partial charge in [0.25, 0.3) is 0 Å². The topological polar surface area (TPSA) is 101 Å². The molecule has 4 rings (SSSR count). The quantitative estimate of drug-likeness (QED) is 0.702. The van der Waals surface area contributed by atoms with Gasteiger partial charge in [-0.05, 0) is 48.8 Å². The molecule has 0 saturated heterocycles. The molecule has 2 saturated carbocycles. The second kappa shape index (κ2) is 6.47. The third kappa shape index (κ3) is 2.72. The van der Waals surface area contributed by atoms with Crippen molar-refractivity contribution in [3.63, 3.8) is 0 Å². The summed E-state index contributed by atoms with van der Waals surface area (Å²) < 4.78 is 4.86. The number of fused-ring (bicyclic) bond motifs is 5. The molecule has 6 heteroatoms. The number of ether oxygens (including phenoxy) is 1. The molecule has 2 N–H and O–H groups in total. The highest BCUT2D eigenvalue weighted by atomic mass is 16.5. The number of aliphatic hydroxyl groups is 2. The Balaban J connectivity index is 1.70. The predicted molar refractivity (Wildman–Crippen MR) is 105 cm³/mol.